The Balaban J connectivity index is 1.64. The van der Waals surface area contributed by atoms with E-state index in [1.807, 2.05) is 4.90 Å². The van der Waals surface area contributed by atoms with Crippen LogP contribution in [0.5, 0.6) is 0 Å². The third-order valence-electron chi connectivity index (χ3n) is 5.33. The van der Waals surface area contributed by atoms with Crippen LogP contribution in [0.3, 0.4) is 0 Å². The Hall–Kier alpha value is -1.95. The minimum Gasteiger partial charge on any atom is -0.344 e. The van der Waals surface area contributed by atoms with Crippen LogP contribution in [0.2, 0.25) is 0 Å². The lowest BCUT2D eigenvalue weighted by Crippen LogP contribution is -2.37. The van der Waals surface area contributed by atoms with Crippen molar-refractivity contribution >= 4 is 22.6 Å². The van der Waals surface area contributed by atoms with Crippen LogP contribution in [0.25, 0.3) is 0 Å². The predicted octanol–water partition coefficient (Wildman–Crippen LogP) is 4.05. The van der Waals surface area contributed by atoms with Gasteiger partial charge in [-0.05, 0) is 38.7 Å². The molecule has 6 heteroatoms. The average Bonchev–Trinajstić information content (AvgIpc) is 3.36. The van der Waals surface area contributed by atoms with Gasteiger partial charge in [-0.3, -0.25) is 4.79 Å². The fraction of sp³-hybridized carbons (Fsp3) is 0.571. The number of aryl methyl sites for hydroxylation is 1. The zero-order valence-electron chi connectivity index (χ0n) is 16.6. The second-order valence-electron chi connectivity index (χ2n) is 7.44. The highest BCUT2D eigenvalue weighted by molar-refractivity contribution is 7.09. The summed E-state index contributed by atoms with van der Waals surface area (Å²) in [4.78, 5) is 21.5. The molecule has 0 radical (unpaired) electrons. The summed E-state index contributed by atoms with van der Waals surface area (Å²) >= 11 is 1.45. The molecule has 0 spiro atoms. The van der Waals surface area contributed by atoms with Gasteiger partial charge >= 0.3 is 0 Å². The molecule has 146 valence electrons. The number of likely N-dealkylation sites (tertiary alicyclic amines) is 1. The van der Waals surface area contributed by atoms with Crippen molar-refractivity contribution in [2.45, 2.75) is 58.9 Å². The fourth-order valence-electron chi connectivity index (χ4n) is 3.39. The Bertz CT molecular complexity index is 737. The molecule has 1 unspecified atom stereocenters. The van der Waals surface area contributed by atoms with Gasteiger partial charge in [0.05, 0.1) is 0 Å². The summed E-state index contributed by atoms with van der Waals surface area (Å²) in [7, 11) is 0. The van der Waals surface area contributed by atoms with Gasteiger partial charge in [0.25, 0.3) is 0 Å². The van der Waals surface area contributed by atoms with E-state index in [1.54, 1.807) is 0 Å². The molecule has 1 amide bonds. The highest BCUT2D eigenvalue weighted by Crippen LogP contribution is 2.23. The van der Waals surface area contributed by atoms with Gasteiger partial charge in [0, 0.05) is 50.1 Å². The molecular formula is C21H30N4OS. The van der Waals surface area contributed by atoms with Crippen LogP contribution in [0.15, 0.2) is 24.3 Å². The third-order valence-corrected chi connectivity index (χ3v) is 6.13. The van der Waals surface area contributed by atoms with Crippen LogP contribution < -0.4 is 4.90 Å². The second kappa shape index (κ2) is 9.31. The maximum atomic E-state index is 12.4. The predicted molar refractivity (Wildman–Crippen MR) is 111 cm³/mol. The van der Waals surface area contributed by atoms with Crippen molar-refractivity contribution in [3.8, 4) is 0 Å². The summed E-state index contributed by atoms with van der Waals surface area (Å²) in [5, 5.41) is 0.931. The number of hydrogen-bond donors (Lipinski definition) is 0. The van der Waals surface area contributed by atoms with Crippen LogP contribution >= 0.6 is 11.5 Å². The molecular weight excluding hydrogens is 356 g/mol. The number of carbonyl (C=O) groups is 1. The van der Waals surface area contributed by atoms with Crippen LogP contribution in [-0.4, -0.2) is 45.8 Å². The van der Waals surface area contributed by atoms with Gasteiger partial charge < -0.3 is 9.80 Å². The van der Waals surface area contributed by atoms with Crippen LogP contribution in [0.1, 0.15) is 56.5 Å². The van der Waals surface area contributed by atoms with Crippen molar-refractivity contribution in [1.82, 2.24) is 14.3 Å². The molecule has 2 aromatic rings. The monoisotopic (exact) mass is 386 g/mol. The van der Waals surface area contributed by atoms with E-state index in [1.165, 1.54) is 22.7 Å². The molecule has 0 N–H and O–H groups in total. The number of anilines is 1. The molecule has 1 saturated heterocycles. The van der Waals surface area contributed by atoms with E-state index in [2.05, 4.69) is 54.3 Å². The molecule has 5 nitrogen and oxygen atoms in total. The number of nitrogens with zero attached hydrogens (tertiary/aromatic N) is 4. The van der Waals surface area contributed by atoms with E-state index in [-0.39, 0.29) is 5.91 Å². The lowest BCUT2D eigenvalue weighted by Gasteiger charge is -2.28. The van der Waals surface area contributed by atoms with Crippen molar-refractivity contribution in [2.24, 2.45) is 0 Å². The Morgan fingerprint density at radius 3 is 2.63 bits per heavy atom. The van der Waals surface area contributed by atoms with Crippen molar-refractivity contribution in [2.75, 3.05) is 24.5 Å². The molecule has 1 aliphatic rings. The Labute approximate surface area is 166 Å². The van der Waals surface area contributed by atoms with Crippen molar-refractivity contribution in [3.63, 3.8) is 0 Å². The number of hydrogen-bond acceptors (Lipinski definition) is 5. The minimum atomic E-state index is 0.269. The summed E-state index contributed by atoms with van der Waals surface area (Å²) in [5.74, 6) is 1.13. The van der Waals surface area contributed by atoms with E-state index in [4.69, 9.17) is 4.98 Å². The molecule has 0 bridgehead atoms. The minimum absolute atomic E-state index is 0.269. The molecule has 3 rings (SSSR count). The smallest absolute Gasteiger partial charge is 0.224 e. The maximum absolute atomic E-state index is 12.4. The van der Waals surface area contributed by atoms with Gasteiger partial charge in [-0.25, -0.2) is 4.98 Å². The van der Waals surface area contributed by atoms with Gasteiger partial charge in [0.2, 0.25) is 11.0 Å². The maximum Gasteiger partial charge on any atom is 0.224 e. The first kappa shape index (κ1) is 19.8. The van der Waals surface area contributed by atoms with Crippen molar-refractivity contribution in [1.29, 1.82) is 0 Å². The first-order valence-electron chi connectivity index (χ1n) is 9.99. The molecule has 0 aliphatic carbocycles. The molecule has 1 aliphatic heterocycles. The topological polar surface area (TPSA) is 49.3 Å². The second-order valence-corrected chi connectivity index (χ2v) is 8.17. The standard InChI is InChI=1S/C21H30N4OS/c1-4-17(3)25(14-11-20(26)24-12-5-6-13-24)21-22-19(23-27-21)15-18-9-7-16(2)8-10-18/h7-10,17H,4-6,11-15H2,1-3H3. The van der Waals surface area contributed by atoms with Crippen LogP contribution in [0, 0.1) is 6.92 Å². The largest absolute Gasteiger partial charge is 0.344 e. The van der Waals surface area contributed by atoms with Gasteiger partial charge in [-0.15, -0.1) is 0 Å². The summed E-state index contributed by atoms with van der Waals surface area (Å²) in [6.45, 7) is 9.01. The number of amides is 1. The van der Waals surface area contributed by atoms with Crippen molar-refractivity contribution in [3.05, 3.63) is 41.2 Å². The molecule has 1 atom stereocenters. The van der Waals surface area contributed by atoms with E-state index in [0.717, 1.165) is 49.7 Å². The van der Waals surface area contributed by atoms with Crippen LogP contribution in [-0.2, 0) is 11.2 Å². The van der Waals surface area contributed by atoms with Gasteiger partial charge in [-0.2, -0.15) is 4.37 Å². The summed E-state index contributed by atoms with van der Waals surface area (Å²) in [5.41, 5.74) is 2.49. The number of aromatic nitrogens is 2. The fourth-order valence-corrected chi connectivity index (χ4v) is 4.20. The van der Waals surface area contributed by atoms with Gasteiger partial charge in [-0.1, -0.05) is 36.8 Å². The first-order valence-corrected chi connectivity index (χ1v) is 10.8. The third kappa shape index (κ3) is 5.28. The lowest BCUT2D eigenvalue weighted by atomic mass is 10.1. The summed E-state index contributed by atoms with van der Waals surface area (Å²) in [6, 6.07) is 8.86. The van der Waals surface area contributed by atoms with E-state index in [9.17, 15) is 4.79 Å². The highest BCUT2D eigenvalue weighted by atomic mass is 32.1. The number of benzene rings is 1. The molecule has 1 aromatic heterocycles. The lowest BCUT2D eigenvalue weighted by molar-refractivity contribution is -0.129. The summed E-state index contributed by atoms with van der Waals surface area (Å²) in [6.07, 6.45) is 4.60. The Morgan fingerprint density at radius 2 is 1.96 bits per heavy atom. The van der Waals surface area contributed by atoms with E-state index < -0.39 is 0 Å². The molecule has 1 aromatic carbocycles. The van der Waals surface area contributed by atoms with Gasteiger partial charge in [0.1, 0.15) is 5.82 Å². The zero-order valence-corrected chi connectivity index (χ0v) is 17.5. The average molecular weight is 387 g/mol. The normalized spacial score (nSPS) is 15.1. The number of carbonyl (C=O) groups excluding carboxylic acids is 1. The van der Waals surface area contributed by atoms with Crippen LogP contribution in [0.4, 0.5) is 5.13 Å². The Kier molecular flexibility index (Phi) is 6.83. The molecule has 0 saturated carbocycles. The van der Waals surface area contributed by atoms with Gasteiger partial charge in [0.15, 0.2) is 0 Å². The summed E-state index contributed by atoms with van der Waals surface area (Å²) < 4.78 is 4.57. The zero-order chi connectivity index (χ0) is 19.2. The quantitative estimate of drug-likeness (QED) is 0.687. The Morgan fingerprint density at radius 1 is 1.26 bits per heavy atom. The highest BCUT2D eigenvalue weighted by Gasteiger charge is 2.22. The molecule has 2 heterocycles. The molecule has 1 fully saturated rings. The molecule has 27 heavy (non-hydrogen) atoms. The van der Waals surface area contributed by atoms with E-state index >= 15 is 0 Å². The SMILES string of the molecule is CCC(C)N(CCC(=O)N1CCCC1)c1nc(Cc2ccc(C)cc2)ns1. The first-order chi connectivity index (χ1) is 13.1. The van der Waals surface area contributed by atoms with Crippen molar-refractivity contribution < 1.29 is 4.79 Å². The van der Waals surface area contributed by atoms with E-state index in [0.29, 0.717) is 19.0 Å². The number of rotatable bonds is 8.